The van der Waals surface area contributed by atoms with E-state index in [0.717, 1.165) is 23.0 Å². The Hall–Kier alpha value is -1.93. The fourth-order valence-electron chi connectivity index (χ4n) is 3.65. The van der Waals surface area contributed by atoms with Gasteiger partial charge in [-0.15, -0.1) is 0 Å². The van der Waals surface area contributed by atoms with E-state index in [2.05, 4.69) is 26.6 Å². The zero-order valence-corrected chi connectivity index (χ0v) is 16.5. The number of carbonyl (C=O) groups excluding carboxylic acids is 3. The zero-order chi connectivity index (χ0) is 18.9. The molecule has 2 unspecified atom stereocenters. The van der Waals surface area contributed by atoms with Crippen molar-refractivity contribution in [1.82, 2.24) is 20.4 Å². The van der Waals surface area contributed by atoms with Crippen LogP contribution in [0.5, 0.6) is 0 Å². The lowest BCUT2D eigenvalue weighted by atomic mass is 9.88. The first kappa shape index (κ1) is 18.8. The Morgan fingerprint density at radius 2 is 2.04 bits per heavy atom. The van der Waals surface area contributed by atoms with E-state index in [1.807, 2.05) is 36.1 Å². The first-order valence-corrected chi connectivity index (χ1v) is 9.47. The maximum atomic E-state index is 12.8. The number of benzene rings is 1. The van der Waals surface area contributed by atoms with Gasteiger partial charge in [-0.2, -0.15) is 0 Å². The normalized spacial score (nSPS) is 24.3. The minimum absolute atomic E-state index is 0.00491. The van der Waals surface area contributed by atoms with Crippen LogP contribution in [0.3, 0.4) is 0 Å². The number of piperidine rings is 1. The number of hydrogen-bond donors (Lipinski definition) is 2. The van der Waals surface area contributed by atoms with Crippen molar-refractivity contribution in [3.05, 3.63) is 34.3 Å². The third-order valence-electron chi connectivity index (χ3n) is 5.15. The van der Waals surface area contributed by atoms with Crippen molar-refractivity contribution in [1.29, 1.82) is 0 Å². The lowest BCUT2D eigenvalue weighted by molar-refractivity contribution is -0.138. The second-order valence-electron chi connectivity index (χ2n) is 7.06. The molecule has 26 heavy (non-hydrogen) atoms. The van der Waals surface area contributed by atoms with Gasteiger partial charge in [-0.25, -0.2) is 4.79 Å². The summed E-state index contributed by atoms with van der Waals surface area (Å²) < 4.78 is 0.999. The van der Waals surface area contributed by atoms with E-state index in [9.17, 15) is 14.4 Å². The molecule has 0 aliphatic carbocycles. The lowest BCUT2D eigenvalue weighted by Gasteiger charge is -2.41. The van der Waals surface area contributed by atoms with Crippen molar-refractivity contribution in [2.75, 3.05) is 20.1 Å². The van der Waals surface area contributed by atoms with E-state index in [1.165, 1.54) is 0 Å². The number of nitrogens with zero attached hydrogens (tertiary/aromatic N) is 2. The van der Waals surface area contributed by atoms with Crippen LogP contribution in [0.4, 0.5) is 4.79 Å². The van der Waals surface area contributed by atoms with Crippen molar-refractivity contribution in [3.8, 4) is 0 Å². The van der Waals surface area contributed by atoms with Crippen molar-refractivity contribution in [2.24, 2.45) is 0 Å². The van der Waals surface area contributed by atoms with E-state index in [1.54, 1.807) is 11.9 Å². The first-order valence-electron chi connectivity index (χ1n) is 8.68. The molecule has 1 aromatic rings. The highest BCUT2D eigenvalue weighted by Gasteiger charge is 2.49. The maximum Gasteiger partial charge on any atom is 0.322 e. The van der Waals surface area contributed by atoms with Crippen LogP contribution in [0.25, 0.3) is 0 Å². The minimum Gasteiger partial charge on any atom is -0.340 e. The number of carbonyl (C=O) groups is 3. The first-order chi connectivity index (χ1) is 12.3. The number of likely N-dealkylation sites (N-methyl/N-ethyl adjacent to an activating group) is 1. The molecular formula is C18H23BrN4O3. The van der Waals surface area contributed by atoms with Crippen LogP contribution < -0.4 is 10.6 Å². The molecular weight excluding hydrogens is 400 g/mol. The van der Waals surface area contributed by atoms with Crippen molar-refractivity contribution < 1.29 is 14.4 Å². The van der Waals surface area contributed by atoms with E-state index in [0.29, 0.717) is 19.5 Å². The second kappa shape index (κ2) is 7.36. The summed E-state index contributed by atoms with van der Waals surface area (Å²) >= 11 is 3.40. The summed E-state index contributed by atoms with van der Waals surface area (Å²) in [6.45, 7) is 3.45. The van der Waals surface area contributed by atoms with Gasteiger partial charge in [0.2, 0.25) is 5.91 Å². The number of likely N-dealkylation sites (tertiary alicyclic amines) is 1. The summed E-state index contributed by atoms with van der Waals surface area (Å²) in [5.74, 6) is -0.301. The van der Waals surface area contributed by atoms with Crippen molar-refractivity contribution in [2.45, 2.75) is 37.9 Å². The van der Waals surface area contributed by atoms with Gasteiger partial charge >= 0.3 is 6.03 Å². The van der Waals surface area contributed by atoms with E-state index >= 15 is 0 Å². The van der Waals surface area contributed by atoms with Crippen LogP contribution in [-0.4, -0.2) is 59.4 Å². The smallest absolute Gasteiger partial charge is 0.322 e. The standard InChI is InChI=1S/C18H23BrN4O3/c1-12(15(24)22(2)10-13-4-6-14(19)7-5-13)23-9-3-8-18(11-23)16(25)20-17(26)21-18/h4-7,12H,3,8-11H2,1-2H3,(H2,20,21,25,26). The van der Waals surface area contributed by atoms with Gasteiger partial charge in [0.15, 0.2) is 0 Å². The molecule has 0 bridgehead atoms. The fourth-order valence-corrected chi connectivity index (χ4v) is 3.92. The third-order valence-corrected chi connectivity index (χ3v) is 5.68. The average molecular weight is 423 g/mol. The van der Waals surface area contributed by atoms with Crippen LogP contribution in [0.1, 0.15) is 25.3 Å². The van der Waals surface area contributed by atoms with E-state index in [4.69, 9.17) is 0 Å². The summed E-state index contributed by atoms with van der Waals surface area (Å²) in [5, 5.41) is 5.06. The molecule has 2 aliphatic rings. The molecule has 2 aliphatic heterocycles. The Kier molecular flexibility index (Phi) is 5.34. The molecule has 2 heterocycles. The van der Waals surface area contributed by atoms with Gasteiger partial charge in [-0.1, -0.05) is 28.1 Å². The largest absolute Gasteiger partial charge is 0.340 e. The van der Waals surface area contributed by atoms with Crippen LogP contribution in [0.2, 0.25) is 0 Å². The molecule has 2 atom stereocenters. The summed E-state index contributed by atoms with van der Waals surface area (Å²) in [7, 11) is 1.78. The summed E-state index contributed by atoms with van der Waals surface area (Å²) in [6, 6.07) is 7.04. The summed E-state index contributed by atoms with van der Waals surface area (Å²) in [4.78, 5) is 40.2. The maximum absolute atomic E-state index is 12.8. The predicted molar refractivity (Wildman–Crippen MR) is 100 cm³/mol. The Morgan fingerprint density at radius 1 is 1.35 bits per heavy atom. The summed E-state index contributed by atoms with van der Waals surface area (Å²) in [6.07, 6.45) is 1.35. The molecule has 8 heteroatoms. The molecule has 2 fully saturated rings. The van der Waals surface area contributed by atoms with Crippen LogP contribution >= 0.6 is 15.9 Å². The lowest BCUT2D eigenvalue weighted by Crippen LogP contribution is -2.61. The molecule has 4 amide bonds. The van der Waals surface area contributed by atoms with Gasteiger partial charge < -0.3 is 10.2 Å². The number of rotatable bonds is 4. The van der Waals surface area contributed by atoms with Gasteiger partial charge in [0, 0.05) is 24.6 Å². The van der Waals surface area contributed by atoms with Gasteiger partial charge in [0.25, 0.3) is 5.91 Å². The molecule has 7 nitrogen and oxygen atoms in total. The fraction of sp³-hybridized carbons (Fsp3) is 0.500. The van der Waals surface area contributed by atoms with Crippen LogP contribution in [0.15, 0.2) is 28.7 Å². The predicted octanol–water partition coefficient (Wildman–Crippen LogP) is 1.47. The van der Waals surface area contributed by atoms with Gasteiger partial charge in [-0.05, 0) is 44.0 Å². The topological polar surface area (TPSA) is 81.8 Å². The number of amides is 4. The SMILES string of the molecule is CC(C(=O)N(C)Cc1ccc(Br)cc1)N1CCCC2(C1)NC(=O)NC2=O. The highest BCUT2D eigenvalue weighted by Crippen LogP contribution is 2.26. The van der Waals surface area contributed by atoms with Gasteiger partial charge in [0.1, 0.15) is 5.54 Å². The van der Waals surface area contributed by atoms with Crippen molar-refractivity contribution >= 4 is 33.8 Å². The number of nitrogens with one attached hydrogen (secondary N) is 2. The van der Waals surface area contributed by atoms with Crippen LogP contribution in [-0.2, 0) is 16.1 Å². The van der Waals surface area contributed by atoms with Gasteiger partial charge in [-0.3, -0.25) is 19.8 Å². The molecule has 2 saturated heterocycles. The van der Waals surface area contributed by atoms with Crippen molar-refractivity contribution in [3.63, 3.8) is 0 Å². The Labute approximate surface area is 161 Å². The molecule has 0 aromatic heterocycles. The second-order valence-corrected chi connectivity index (χ2v) is 7.98. The summed E-state index contributed by atoms with van der Waals surface area (Å²) in [5.41, 5.74) is 0.141. The molecule has 1 spiro atoms. The number of halogens is 1. The molecule has 0 radical (unpaired) electrons. The monoisotopic (exact) mass is 422 g/mol. The highest BCUT2D eigenvalue weighted by molar-refractivity contribution is 9.10. The quantitative estimate of drug-likeness (QED) is 0.719. The van der Waals surface area contributed by atoms with E-state index < -0.39 is 11.6 Å². The molecule has 1 aromatic carbocycles. The minimum atomic E-state index is -0.909. The third kappa shape index (κ3) is 3.76. The van der Waals surface area contributed by atoms with E-state index in [-0.39, 0.29) is 17.9 Å². The number of hydrogen-bond acceptors (Lipinski definition) is 4. The van der Waals surface area contributed by atoms with Gasteiger partial charge in [0.05, 0.1) is 6.04 Å². The molecule has 140 valence electrons. The molecule has 0 saturated carbocycles. The average Bonchev–Trinajstić information content (AvgIpc) is 2.88. The number of imide groups is 1. The molecule has 2 N–H and O–H groups in total. The Morgan fingerprint density at radius 3 is 2.65 bits per heavy atom. The molecule has 3 rings (SSSR count). The Balaban J connectivity index is 1.64. The van der Waals surface area contributed by atoms with Crippen LogP contribution in [0, 0.1) is 0 Å². The number of urea groups is 1. The Bertz CT molecular complexity index is 724. The highest BCUT2D eigenvalue weighted by atomic mass is 79.9. The zero-order valence-electron chi connectivity index (χ0n) is 14.9.